The van der Waals surface area contributed by atoms with Crippen LogP contribution in [0.5, 0.6) is 5.75 Å². The Kier molecular flexibility index (Phi) is 5.18. The first-order valence-electron chi connectivity index (χ1n) is 8.38. The molecule has 0 aliphatic carbocycles. The molecular weight excluding hydrogens is 292 g/mol. The highest BCUT2D eigenvalue weighted by Crippen LogP contribution is 2.32. The van der Waals surface area contributed by atoms with Gasteiger partial charge in [-0.3, -0.25) is 9.69 Å². The first-order chi connectivity index (χ1) is 11.2. The summed E-state index contributed by atoms with van der Waals surface area (Å²) in [7, 11) is 3.38. The van der Waals surface area contributed by atoms with Crippen LogP contribution in [0.25, 0.3) is 0 Å². The number of rotatable bonds is 6. The molecule has 2 heterocycles. The van der Waals surface area contributed by atoms with E-state index >= 15 is 0 Å². The number of amides is 1. The smallest absolute Gasteiger partial charge is 0.223 e. The molecule has 5 heteroatoms. The summed E-state index contributed by atoms with van der Waals surface area (Å²) >= 11 is 0. The van der Waals surface area contributed by atoms with Gasteiger partial charge in [0.1, 0.15) is 5.75 Å². The van der Waals surface area contributed by atoms with Crippen LogP contribution in [0.2, 0.25) is 0 Å². The average Bonchev–Trinajstić information content (AvgIpc) is 2.98. The zero-order valence-corrected chi connectivity index (χ0v) is 14.0. The summed E-state index contributed by atoms with van der Waals surface area (Å²) in [5.41, 5.74) is 1.30. The highest BCUT2D eigenvalue weighted by atomic mass is 16.5. The number of carbonyl (C=O) groups excluding carboxylic acids is 1. The monoisotopic (exact) mass is 318 g/mol. The molecule has 0 spiro atoms. The summed E-state index contributed by atoms with van der Waals surface area (Å²) in [6.45, 7) is 3.33. The van der Waals surface area contributed by atoms with Crippen LogP contribution in [-0.2, 0) is 16.1 Å². The number of methoxy groups -OCH3 is 2. The second kappa shape index (κ2) is 7.32. The predicted molar refractivity (Wildman–Crippen MR) is 88.4 cm³/mol. The SMILES string of the molecule is COCCN1C(=O)CC[C@@H]2[C@H]1CCN2Cc1ccc(OC)cc1. The molecule has 3 rings (SSSR count). The average molecular weight is 318 g/mol. The second-order valence-electron chi connectivity index (χ2n) is 6.36. The van der Waals surface area contributed by atoms with E-state index in [2.05, 4.69) is 17.0 Å². The Balaban J connectivity index is 1.65. The number of hydrogen-bond acceptors (Lipinski definition) is 4. The van der Waals surface area contributed by atoms with E-state index in [9.17, 15) is 4.79 Å². The molecule has 5 nitrogen and oxygen atoms in total. The number of piperidine rings is 1. The molecule has 2 fully saturated rings. The Morgan fingerprint density at radius 1 is 1.13 bits per heavy atom. The van der Waals surface area contributed by atoms with E-state index in [0.717, 1.165) is 31.7 Å². The van der Waals surface area contributed by atoms with Crippen molar-refractivity contribution in [2.75, 3.05) is 33.9 Å². The Bertz CT molecular complexity index is 532. The van der Waals surface area contributed by atoms with Crippen molar-refractivity contribution in [3.8, 4) is 5.75 Å². The van der Waals surface area contributed by atoms with Gasteiger partial charge in [-0.1, -0.05) is 12.1 Å². The molecule has 2 saturated heterocycles. The number of carbonyl (C=O) groups is 1. The molecule has 0 bridgehead atoms. The number of fused-ring (bicyclic) bond motifs is 1. The van der Waals surface area contributed by atoms with Gasteiger partial charge >= 0.3 is 0 Å². The summed E-state index contributed by atoms with van der Waals surface area (Å²) in [6.07, 6.45) is 2.70. The molecule has 0 saturated carbocycles. The van der Waals surface area contributed by atoms with Crippen LogP contribution in [0.1, 0.15) is 24.8 Å². The standard InChI is InChI=1S/C18H26N2O3/c1-22-12-11-20-17-9-10-19(16(17)7-8-18(20)21)13-14-3-5-15(23-2)6-4-14/h3-6,16-17H,7-13H2,1-2H3/t16-,17-/m1/s1. The van der Waals surface area contributed by atoms with Crippen LogP contribution in [-0.4, -0.2) is 61.7 Å². The normalized spacial score (nSPS) is 24.8. The Morgan fingerprint density at radius 3 is 2.61 bits per heavy atom. The lowest BCUT2D eigenvalue weighted by Gasteiger charge is -2.39. The van der Waals surface area contributed by atoms with Gasteiger partial charge in [0.25, 0.3) is 0 Å². The first-order valence-corrected chi connectivity index (χ1v) is 8.38. The van der Waals surface area contributed by atoms with Gasteiger partial charge in [0.05, 0.1) is 13.7 Å². The van der Waals surface area contributed by atoms with Crippen molar-refractivity contribution in [3.63, 3.8) is 0 Å². The summed E-state index contributed by atoms with van der Waals surface area (Å²) in [5.74, 6) is 1.18. The lowest BCUT2D eigenvalue weighted by molar-refractivity contribution is -0.138. The number of hydrogen-bond donors (Lipinski definition) is 0. The maximum Gasteiger partial charge on any atom is 0.223 e. The molecule has 0 aromatic heterocycles. The summed E-state index contributed by atoms with van der Waals surface area (Å²) < 4.78 is 10.4. The molecule has 2 aliphatic rings. The third kappa shape index (κ3) is 3.51. The quantitative estimate of drug-likeness (QED) is 0.803. The molecule has 1 aromatic rings. The van der Waals surface area contributed by atoms with Crippen molar-refractivity contribution in [1.82, 2.24) is 9.80 Å². The van der Waals surface area contributed by atoms with E-state index in [1.54, 1.807) is 14.2 Å². The maximum absolute atomic E-state index is 12.2. The maximum atomic E-state index is 12.2. The van der Waals surface area contributed by atoms with Crippen molar-refractivity contribution in [2.45, 2.75) is 37.9 Å². The Labute approximate surface area is 138 Å². The molecule has 0 N–H and O–H groups in total. The lowest BCUT2D eigenvalue weighted by atomic mass is 9.96. The third-order valence-corrected chi connectivity index (χ3v) is 5.08. The molecule has 23 heavy (non-hydrogen) atoms. The van der Waals surface area contributed by atoms with E-state index in [4.69, 9.17) is 9.47 Å². The van der Waals surface area contributed by atoms with Crippen molar-refractivity contribution < 1.29 is 14.3 Å². The predicted octanol–water partition coefficient (Wildman–Crippen LogP) is 1.91. The van der Waals surface area contributed by atoms with E-state index in [1.807, 2.05) is 17.0 Å². The molecular formula is C18H26N2O3. The topological polar surface area (TPSA) is 42.0 Å². The highest BCUT2D eigenvalue weighted by Gasteiger charge is 2.42. The number of nitrogens with zero attached hydrogens (tertiary/aromatic N) is 2. The molecule has 1 aromatic carbocycles. The third-order valence-electron chi connectivity index (χ3n) is 5.08. The van der Waals surface area contributed by atoms with Crippen LogP contribution >= 0.6 is 0 Å². The second-order valence-corrected chi connectivity index (χ2v) is 6.36. The lowest BCUT2D eigenvalue weighted by Crippen LogP contribution is -2.52. The number of benzene rings is 1. The summed E-state index contributed by atoms with van der Waals surface area (Å²) in [5, 5.41) is 0. The van der Waals surface area contributed by atoms with Crippen LogP contribution in [0, 0.1) is 0 Å². The molecule has 0 unspecified atom stereocenters. The first kappa shape index (κ1) is 16.3. The highest BCUT2D eigenvalue weighted by molar-refractivity contribution is 5.77. The minimum atomic E-state index is 0.287. The van der Waals surface area contributed by atoms with Gasteiger partial charge < -0.3 is 14.4 Å². The molecule has 126 valence electrons. The molecule has 0 radical (unpaired) electrons. The largest absolute Gasteiger partial charge is 0.497 e. The van der Waals surface area contributed by atoms with Gasteiger partial charge in [0.15, 0.2) is 0 Å². The number of likely N-dealkylation sites (tertiary alicyclic amines) is 2. The van der Waals surface area contributed by atoms with E-state index in [0.29, 0.717) is 31.7 Å². The molecule has 2 aliphatic heterocycles. The van der Waals surface area contributed by atoms with Gasteiger partial charge in [-0.05, 0) is 30.5 Å². The van der Waals surface area contributed by atoms with Gasteiger partial charge in [-0.2, -0.15) is 0 Å². The minimum Gasteiger partial charge on any atom is -0.497 e. The molecule has 2 atom stereocenters. The van der Waals surface area contributed by atoms with Crippen molar-refractivity contribution >= 4 is 5.91 Å². The van der Waals surface area contributed by atoms with Gasteiger partial charge in [0, 0.05) is 45.2 Å². The minimum absolute atomic E-state index is 0.287. The fourth-order valence-electron chi connectivity index (χ4n) is 3.88. The van der Waals surface area contributed by atoms with Crippen molar-refractivity contribution in [1.29, 1.82) is 0 Å². The molecule has 1 amide bonds. The van der Waals surface area contributed by atoms with Crippen molar-refractivity contribution in [3.05, 3.63) is 29.8 Å². The van der Waals surface area contributed by atoms with Gasteiger partial charge in [-0.25, -0.2) is 0 Å². The fourth-order valence-corrected chi connectivity index (χ4v) is 3.88. The van der Waals surface area contributed by atoms with Crippen LogP contribution in [0.15, 0.2) is 24.3 Å². The van der Waals surface area contributed by atoms with E-state index < -0.39 is 0 Å². The van der Waals surface area contributed by atoms with E-state index in [-0.39, 0.29) is 5.91 Å². The van der Waals surface area contributed by atoms with E-state index in [1.165, 1.54) is 5.56 Å². The summed E-state index contributed by atoms with van der Waals surface area (Å²) in [6, 6.07) is 9.11. The zero-order valence-electron chi connectivity index (χ0n) is 14.0. The fraction of sp³-hybridized carbons (Fsp3) is 0.611. The van der Waals surface area contributed by atoms with Crippen molar-refractivity contribution in [2.24, 2.45) is 0 Å². The zero-order chi connectivity index (χ0) is 16.2. The number of ether oxygens (including phenoxy) is 2. The Morgan fingerprint density at radius 2 is 1.91 bits per heavy atom. The summed E-state index contributed by atoms with van der Waals surface area (Å²) in [4.78, 5) is 16.8. The van der Waals surface area contributed by atoms with Gasteiger partial charge in [0.2, 0.25) is 5.91 Å². The van der Waals surface area contributed by atoms with Crippen LogP contribution < -0.4 is 4.74 Å². The van der Waals surface area contributed by atoms with Crippen LogP contribution in [0.3, 0.4) is 0 Å². The Hall–Kier alpha value is -1.59. The van der Waals surface area contributed by atoms with Gasteiger partial charge in [-0.15, -0.1) is 0 Å². The van der Waals surface area contributed by atoms with Crippen LogP contribution in [0.4, 0.5) is 0 Å².